The molecule has 0 saturated carbocycles. The van der Waals surface area contributed by atoms with E-state index in [0.29, 0.717) is 18.5 Å². The van der Waals surface area contributed by atoms with E-state index in [-0.39, 0.29) is 0 Å². The highest BCUT2D eigenvalue weighted by atomic mass is 16.5. The molecule has 0 aliphatic rings. The Kier molecular flexibility index (Phi) is 4.97. The molecule has 0 saturated heterocycles. The Hall–Kier alpha value is -1.06. The van der Waals surface area contributed by atoms with E-state index in [1.807, 2.05) is 13.1 Å². The van der Waals surface area contributed by atoms with Gasteiger partial charge < -0.3 is 15.8 Å². The normalized spacial score (nSPS) is 14.5. The minimum absolute atomic E-state index is 0.296. The smallest absolute Gasteiger partial charge is 0.122 e. The number of ether oxygens (including phenoxy) is 1. The molecular weight excluding hydrogens is 212 g/mol. The van der Waals surface area contributed by atoms with Gasteiger partial charge in [0.25, 0.3) is 0 Å². The highest BCUT2D eigenvalue weighted by molar-refractivity contribution is 5.45. The van der Waals surface area contributed by atoms with Crippen molar-refractivity contribution in [1.29, 1.82) is 0 Å². The second kappa shape index (κ2) is 6.03. The molecule has 0 amide bonds. The van der Waals surface area contributed by atoms with Crippen molar-refractivity contribution in [1.82, 2.24) is 5.32 Å². The van der Waals surface area contributed by atoms with Crippen LogP contribution in [0.3, 0.4) is 0 Å². The minimum atomic E-state index is 0.296. The number of nitrogens with two attached hydrogens (primary N) is 1. The second-order valence-electron chi connectivity index (χ2n) is 4.59. The van der Waals surface area contributed by atoms with Crippen LogP contribution in [-0.4, -0.2) is 20.7 Å². The Bertz CT molecular complexity index is 377. The molecule has 96 valence electrons. The number of benzene rings is 1. The van der Waals surface area contributed by atoms with E-state index in [1.165, 1.54) is 16.7 Å². The molecule has 1 rings (SSSR count). The lowest BCUT2D eigenvalue weighted by atomic mass is 9.89. The summed E-state index contributed by atoms with van der Waals surface area (Å²) in [5.74, 6) is 1.35. The standard InChI is InChI=1S/C14H24N2O/c1-9(8-15)14(16-4)12-6-7-13(17-5)11(3)10(12)2/h6-7,9,14,16H,8,15H2,1-5H3. The summed E-state index contributed by atoms with van der Waals surface area (Å²) >= 11 is 0. The highest BCUT2D eigenvalue weighted by Gasteiger charge is 2.19. The Balaban J connectivity index is 3.17. The summed E-state index contributed by atoms with van der Waals surface area (Å²) in [6.07, 6.45) is 0. The molecule has 0 aliphatic heterocycles. The molecule has 0 heterocycles. The van der Waals surface area contributed by atoms with Crippen LogP contribution in [0, 0.1) is 19.8 Å². The lowest BCUT2D eigenvalue weighted by molar-refractivity contribution is 0.404. The average Bonchev–Trinajstić information content (AvgIpc) is 2.35. The lowest BCUT2D eigenvalue weighted by Crippen LogP contribution is -2.29. The van der Waals surface area contributed by atoms with Crippen LogP contribution >= 0.6 is 0 Å². The van der Waals surface area contributed by atoms with Gasteiger partial charge in [-0.25, -0.2) is 0 Å². The molecule has 1 aromatic carbocycles. The van der Waals surface area contributed by atoms with E-state index in [9.17, 15) is 0 Å². The van der Waals surface area contributed by atoms with Gasteiger partial charge in [0.2, 0.25) is 0 Å². The molecular formula is C14H24N2O. The van der Waals surface area contributed by atoms with Gasteiger partial charge in [-0.3, -0.25) is 0 Å². The maximum Gasteiger partial charge on any atom is 0.122 e. The van der Waals surface area contributed by atoms with Gasteiger partial charge in [-0.05, 0) is 56.1 Å². The maximum atomic E-state index is 5.77. The zero-order valence-corrected chi connectivity index (χ0v) is 11.5. The Morgan fingerprint density at radius 1 is 1.29 bits per heavy atom. The Labute approximate surface area is 104 Å². The minimum Gasteiger partial charge on any atom is -0.496 e. The van der Waals surface area contributed by atoms with E-state index in [2.05, 4.69) is 32.2 Å². The van der Waals surface area contributed by atoms with E-state index in [0.717, 1.165) is 5.75 Å². The van der Waals surface area contributed by atoms with Crippen molar-refractivity contribution < 1.29 is 4.74 Å². The zero-order valence-electron chi connectivity index (χ0n) is 11.5. The van der Waals surface area contributed by atoms with Crippen molar-refractivity contribution in [2.75, 3.05) is 20.7 Å². The summed E-state index contributed by atoms with van der Waals surface area (Å²) in [5, 5.41) is 3.35. The van der Waals surface area contributed by atoms with Crippen molar-refractivity contribution in [3.05, 3.63) is 28.8 Å². The number of rotatable bonds is 5. The third-order valence-electron chi connectivity index (χ3n) is 3.59. The van der Waals surface area contributed by atoms with Gasteiger partial charge in [-0.15, -0.1) is 0 Å². The van der Waals surface area contributed by atoms with Gasteiger partial charge in [-0.1, -0.05) is 13.0 Å². The van der Waals surface area contributed by atoms with Gasteiger partial charge in [0.05, 0.1) is 7.11 Å². The summed E-state index contributed by atoms with van der Waals surface area (Å²) in [4.78, 5) is 0. The van der Waals surface area contributed by atoms with Gasteiger partial charge >= 0.3 is 0 Å². The highest BCUT2D eigenvalue weighted by Crippen LogP contribution is 2.30. The fourth-order valence-electron chi connectivity index (χ4n) is 2.26. The quantitative estimate of drug-likeness (QED) is 0.823. The van der Waals surface area contributed by atoms with Crippen LogP contribution in [0.15, 0.2) is 12.1 Å². The van der Waals surface area contributed by atoms with E-state index < -0.39 is 0 Å². The first-order valence-corrected chi connectivity index (χ1v) is 6.08. The third-order valence-corrected chi connectivity index (χ3v) is 3.59. The molecule has 3 N–H and O–H groups in total. The zero-order chi connectivity index (χ0) is 13.0. The van der Waals surface area contributed by atoms with Crippen molar-refractivity contribution in [3.8, 4) is 5.75 Å². The molecule has 0 aromatic heterocycles. The summed E-state index contributed by atoms with van der Waals surface area (Å²) < 4.78 is 5.34. The van der Waals surface area contributed by atoms with Gasteiger partial charge in [0.15, 0.2) is 0 Å². The molecule has 0 aliphatic carbocycles. The van der Waals surface area contributed by atoms with E-state index in [1.54, 1.807) is 7.11 Å². The second-order valence-corrected chi connectivity index (χ2v) is 4.59. The number of methoxy groups -OCH3 is 1. The summed E-state index contributed by atoms with van der Waals surface area (Å²) in [5.41, 5.74) is 9.56. The van der Waals surface area contributed by atoms with Gasteiger partial charge in [-0.2, -0.15) is 0 Å². The third kappa shape index (κ3) is 2.79. The molecule has 0 radical (unpaired) electrons. The predicted molar refractivity (Wildman–Crippen MR) is 72.5 cm³/mol. The molecule has 0 bridgehead atoms. The van der Waals surface area contributed by atoms with Crippen LogP contribution in [0.4, 0.5) is 0 Å². The van der Waals surface area contributed by atoms with E-state index >= 15 is 0 Å². The lowest BCUT2D eigenvalue weighted by Gasteiger charge is -2.25. The first kappa shape index (κ1) is 14.0. The largest absolute Gasteiger partial charge is 0.496 e. The first-order valence-electron chi connectivity index (χ1n) is 6.08. The van der Waals surface area contributed by atoms with Crippen LogP contribution in [0.2, 0.25) is 0 Å². The molecule has 0 spiro atoms. The first-order chi connectivity index (χ1) is 8.06. The Morgan fingerprint density at radius 3 is 2.41 bits per heavy atom. The number of hydrogen-bond donors (Lipinski definition) is 2. The maximum absolute atomic E-state index is 5.77. The van der Waals surface area contributed by atoms with Crippen molar-refractivity contribution in [2.45, 2.75) is 26.8 Å². The van der Waals surface area contributed by atoms with Crippen LogP contribution in [0.1, 0.15) is 29.7 Å². The molecule has 17 heavy (non-hydrogen) atoms. The average molecular weight is 236 g/mol. The molecule has 2 unspecified atom stereocenters. The van der Waals surface area contributed by atoms with Crippen molar-refractivity contribution in [3.63, 3.8) is 0 Å². The van der Waals surface area contributed by atoms with Crippen LogP contribution < -0.4 is 15.8 Å². The fraction of sp³-hybridized carbons (Fsp3) is 0.571. The summed E-state index contributed by atoms with van der Waals surface area (Å²) in [6, 6.07) is 4.46. The molecule has 1 aromatic rings. The monoisotopic (exact) mass is 236 g/mol. The Morgan fingerprint density at radius 2 is 1.94 bits per heavy atom. The molecule has 3 heteroatoms. The summed E-state index contributed by atoms with van der Waals surface area (Å²) in [6.45, 7) is 7.08. The SMILES string of the molecule is CNC(c1ccc(OC)c(C)c1C)C(C)CN. The molecule has 2 atom stereocenters. The van der Waals surface area contributed by atoms with Crippen LogP contribution in [0.25, 0.3) is 0 Å². The number of nitrogens with one attached hydrogen (secondary N) is 1. The molecule has 0 fully saturated rings. The van der Waals surface area contributed by atoms with Crippen molar-refractivity contribution in [2.24, 2.45) is 11.7 Å². The summed E-state index contributed by atoms with van der Waals surface area (Å²) in [7, 11) is 3.69. The van der Waals surface area contributed by atoms with Gasteiger partial charge in [0.1, 0.15) is 5.75 Å². The number of hydrogen-bond acceptors (Lipinski definition) is 3. The van der Waals surface area contributed by atoms with Crippen molar-refractivity contribution >= 4 is 0 Å². The van der Waals surface area contributed by atoms with E-state index in [4.69, 9.17) is 10.5 Å². The molecule has 3 nitrogen and oxygen atoms in total. The fourth-order valence-corrected chi connectivity index (χ4v) is 2.26. The van der Waals surface area contributed by atoms with Crippen LogP contribution in [-0.2, 0) is 0 Å². The predicted octanol–water partition coefficient (Wildman–Crippen LogP) is 2.17. The topological polar surface area (TPSA) is 47.3 Å². The van der Waals surface area contributed by atoms with Crippen LogP contribution in [0.5, 0.6) is 5.75 Å². The van der Waals surface area contributed by atoms with Gasteiger partial charge in [0, 0.05) is 6.04 Å².